The molecule has 2 aromatic rings. The summed E-state index contributed by atoms with van der Waals surface area (Å²) in [6.45, 7) is 8.31. The zero-order valence-electron chi connectivity index (χ0n) is 18.8. The number of benzene rings is 1. The van der Waals surface area contributed by atoms with Gasteiger partial charge in [0, 0.05) is 61.3 Å². The number of ether oxygens (including phenoxy) is 1. The number of anilines is 2. The van der Waals surface area contributed by atoms with Crippen molar-refractivity contribution in [3.63, 3.8) is 0 Å². The third-order valence-electron chi connectivity index (χ3n) is 6.43. The van der Waals surface area contributed by atoms with Crippen LogP contribution in [0.1, 0.15) is 25.0 Å². The molecular weight excluding hydrogens is 423 g/mol. The van der Waals surface area contributed by atoms with Gasteiger partial charge in [0.05, 0.1) is 12.2 Å². The minimum Gasteiger partial charge on any atom is -0.482 e. The molecule has 3 aliphatic rings. The van der Waals surface area contributed by atoms with E-state index >= 15 is 0 Å². The second kappa shape index (κ2) is 8.28. The van der Waals surface area contributed by atoms with Gasteiger partial charge in [0.15, 0.2) is 0 Å². The highest BCUT2D eigenvalue weighted by Crippen LogP contribution is 2.44. The summed E-state index contributed by atoms with van der Waals surface area (Å²) in [5, 5.41) is 11.9. The number of carbonyl (C=O) groups is 1. The van der Waals surface area contributed by atoms with Crippen LogP contribution in [0.5, 0.6) is 0 Å². The number of carbonyl (C=O) groups excluding carboxylic acids is 1. The quantitative estimate of drug-likeness (QED) is 0.698. The molecule has 8 heteroatoms. The number of rotatable bonds is 4. The molecule has 172 valence electrons. The fraction of sp³-hybridized carbons (Fsp3) is 0.360. The Bertz CT molecular complexity index is 1150. The van der Waals surface area contributed by atoms with Gasteiger partial charge in [-0.15, -0.1) is 0 Å². The van der Waals surface area contributed by atoms with E-state index in [-0.39, 0.29) is 12.5 Å². The average molecular weight is 451 g/mol. The Kier molecular flexibility index (Phi) is 5.42. The van der Waals surface area contributed by atoms with E-state index in [0.29, 0.717) is 29.1 Å². The molecule has 0 radical (unpaired) electrons. The van der Waals surface area contributed by atoms with Gasteiger partial charge in [-0.1, -0.05) is 0 Å². The minimum absolute atomic E-state index is 0.181. The maximum absolute atomic E-state index is 13.9. The van der Waals surface area contributed by atoms with E-state index in [1.807, 2.05) is 38.3 Å². The predicted molar refractivity (Wildman–Crippen MR) is 125 cm³/mol. The molecule has 2 N–H and O–H groups in total. The SMILES string of the molecule is CC1(C)OC(=C2C(=O)Nc3ccc(F)cc32)C=C1c1ccc(N2CCN(CCO)CC2)nc1. The summed E-state index contributed by atoms with van der Waals surface area (Å²) in [7, 11) is 0. The first kappa shape index (κ1) is 21.6. The molecule has 0 spiro atoms. The molecule has 4 heterocycles. The van der Waals surface area contributed by atoms with Crippen LogP contribution in [0.3, 0.4) is 0 Å². The summed E-state index contributed by atoms with van der Waals surface area (Å²) >= 11 is 0. The van der Waals surface area contributed by atoms with Gasteiger partial charge in [0.25, 0.3) is 5.91 Å². The van der Waals surface area contributed by atoms with Gasteiger partial charge in [0.2, 0.25) is 0 Å². The number of hydrogen-bond donors (Lipinski definition) is 2. The summed E-state index contributed by atoms with van der Waals surface area (Å²) in [6, 6.07) is 8.27. The summed E-state index contributed by atoms with van der Waals surface area (Å²) in [5.41, 5.74) is 2.59. The van der Waals surface area contributed by atoms with Crippen molar-refractivity contribution >= 4 is 28.6 Å². The first-order chi connectivity index (χ1) is 15.9. The Balaban J connectivity index is 1.42. The zero-order valence-corrected chi connectivity index (χ0v) is 18.8. The van der Waals surface area contributed by atoms with E-state index in [2.05, 4.69) is 20.1 Å². The number of nitrogens with zero attached hydrogens (tertiary/aromatic N) is 3. The van der Waals surface area contributed by atoms with Crippen LogP contribution in [0.15, 0.2) is 48.4 Å². The summed E-state index contributed by atoms with van der Waals surface area (Å²) in [5.74, 6) is 0.647. The summed E-state index contributed by atoms with van der Waals surface area (Å²) in [6.07, 6.45) is 3.70. The Labute approximate surface area is 192 Å². The first-order valence-corrected chi connectivity index (χ1v) is 11.2. The van der Waals surface area contributed by atoms with E-state index in [9.17, 15) is 9.18 Å². The van der Waals surface area contributed by atoms with Gasteiger partial charge >= 0.3 is 0 Å². The molecule has 1 fully saturated rings. The number of aromatic nitrogens is 1. The van der Waals surface area contributed by atoms with E-state index in [4.69, 9.17) is 9.84 Å². The molecule has 1 saturated heterocycles. The first-order valence-electron chi connectivity index (χ1n) is 11.2. The Hall–Kier alpha value is -3.23. The second-order valence-electron chi connectivity index (χ2n) is 9.01. The molecule has 0 bridgehead atoms. The molecule has 0 atom stereocenters. The van der Waals surface area contributed by atoms with Gasteiger partial charge in [-0.05, 0) is 50.3 Å². The number of nitrogens with one attached hydrogen (secondary N) is 1. The highest BCUT2D eigenvalue weighted by atomic mass is 19.1. The Morgan fingerprint density at radius 2 is 1.97 bits per heavy atom. The number of fused-ring (bicyclic) bond motifs is 1. The fourth-order valence-electron chi connectivity index (χ4n) is 4.68. The fourth-order valence-corrected chi connectivity index (χ4v) is 4.68. The molecule has 1 amide bonds. The molecule has 1 aromatic carbocycles. The number of piperazine rings is 1. The van der Waals surface area contributed by atoms with Gasteiger partial charge in [-0.2, -0.15) is 0 Å². The predicted octanol–water partition coefficient (Wildman–Crippen LogP) is 2.89. The van der Waals surface area contributed by atoms with Crippen LogP contribution < -0.4 is 10.2 Å². The Morgan fingerprint density at radius 1 is 1.18 bits per heavy atom. The van der Waals surface area contributed by atoms with Crippen LogP contribution in [-0.2, 0) is 9.53 Å². The van der Waals surface area contributed by atoms with E-state index in [1.54, 1.807) is 6.07 Å². The third kappa shape index (κ3) is 4.00. The number of halogens is 1. The van der Waals surface area contributed by atoms with Crippen molar-refractivity contribution in [3.05, 3.63) is 65.3 Å². The lowest BCUT2D eigenvalue weighted by Gasteiger charge is -2.35. The van der Waals surface area contributed by atoms with E-state index in [1.165, 1.54) is 12.1 Å². The molecule has 5 rings (SSSR count). The monoisotopic (exact) mass is 450 g/mol. The molecule has 0 saturated carbocycles. The highest BCUT2D eigenvalue weighted by Gasteiger charge is 2.38. The number of β-amino-alcohol motifs (C(OH)–C–C–N with tert-alkyl or cyclic N) is 1. The molecule has 7 nitrogen and oxygen atoms in total. The molecule has 0 unspecified atom stereocenters. The topological polar surface area (TPSA) is 77.9 Å². The van der Waals surface area contributed by atoms with E-state index in [0.717, 1.165) is 43.1 Å². The van der Waals surface area contributed by atoms with Crippen LogP contribution in [0, 0.1) is 5.82 Å². The summed E-state index contributed by atoms with van der Waals surface area (Å²) < 4.78 is 20.0. The standard InChI is InChI=1S/C25H27FN4O3/c1-25(2)19(14-21(33-25)23-18-13-17(26)4-5-20(18)28-24(23)32)16-3-6-22(27-15-16)30-9-7-29(8-10-30)11-12-31/h3-6,13-15,31H,7-12H2,1-2H3,(H,28,32). The second-order valence-corrected chi connectivity index (χ2v) is 9.01. The summed E-state index contributed by atoms with van der Waals surface area (Å²) in [4.78, 5) is 21.8. The van der Waals surface area contributed by atoms with Crippen molar-refractivity contribution in [1.82, 2.24) is 9.88 Å². The lowest BCUT2D eigenvalue weighted by molar-refractivity contribution is -0.111. The number of hydrogen-bond acceptors (Lipinski definition) is 6. The van der Waals surface area contributed by atoms with Crippen molar-refractivity contribution in [3.8, 4) is 0 Å². The van der Waals surface area contributed by atoms with Crippen LogP contribution in [0.4, 0.5) is 15.9 Å². The smallest absolute Gasteiger partial charge is 0.260 e. The maximum Gasteiger partial charge on any atom is 0.260 e. The molecule has 3 aliphatic heterocycles. The largest absolute Gasteiger partial charge is 0.482 e. The molecular formula is C25H27FN4O3. The normalized spacial score (nSPS) is 22.1. The van der Waals surface area contributed by atoms with Crippen LogP contribution >= 0.6 is 0 Å². The number of pyridine rings is 1. The lowest BCUT2D eigenvalue weighted by Crippen LogP contribution is -2.47. The highest BCUT2D eigenvalue weighted by molar-refractivity contribution is 6.32. The van der Waals surface area contributed by atoms with Gasteiger partial charge in [-0.25, -0.2) is 9.37 Å². The molecule has 0 aliphatic carbocycles. The molecule has 1 aromatic heterocycles. The van der Waals surface area contributed by atoms with Crippen molar-refractivity contribution in [2.24, 2.45) is 0 Å². The van der Waals surface area contributed by atoms with Gasteiger partial charge < -0.3 is 20.1 Å². The van der Waals surface area contributed by atoms with Crippen molar-refractivity contribution in [2.45, 2.75) is 19.4 Å². The van der Waals surface area contributed by atoms with Gasteiger partial charge in [-0.3, -0.25) is 9.69 Å². The number of amides is 1. The van der Waals surface area contributed by atoms with Crippen LogP contribution in [-0.4, -0.2) is 65.8 Å². The number of aliphatic hydroxyl groups excluding tert-OH is 1. The minimum atomic E-state index is -0.669. The Morgan fingerprint density at radius 3 is 2.67 bits per heavy atom. The lowest BCUT2D eigenvalue weighted by atomic mass is 9.93. The zero-order chi connectivity index (χ0) is 23.2. The van der Waals surface area contributed by atoms with Crippen LogP contribution in [0.25, 0.3) is 11.1 Å². The molecule has 33 heavy (non-hydrogen) atoms. The van der Waals surface area contributed by atoms with E-state index < -0.39 is 11.4 Å². The average Bonchev–Trinajstić information content (AvgIpc) is 3.29. The van der Waals surface area contributed by atoms with Crippen molar-refractivity contribution < 1.29 is 19.0 Å². The van der Waals surface area contributed by atoms with Crippen LogP contribution in [0.2, 0.25) is 0 Å². The van der Waals surface area contributed by atoms with Gasteiger partial charge in [0.1, 0.15) is 23.0 Å². The third-order valence-corrected chi connectivity index (χ3v) is 6.43. The number of allylic oxidation sites excluding steroid dienone is 1. The maximum atomic E-state index is 13.9. The number of aliphatic hydroxyl groups is 1. The van der Waals surface area contributed by atoms with Crippen molar-refractivity contribution in [2.75, 3.05) is 49.5 Å². The van der Waals surface area contributed by atoms with Crippen molar-refractivity contribution in [1.29, 1.82) is 0 Å².